The number of fused-ring (bicyclic) bond motifs is 1. The Kier molecular flexibility index (Phi) is 6.11. The van der Waals surface area contributed by atoms with Crippen molar-refractivity contribution >= 4 is 12.1 Å². The van der Waals surface area contributed by atoms with Gasteiger partial charge in [-0.25, -0.2) is 4.79 Å². The Balaban J connectivity index is 1.91. The van der Waals surface area contributed by atoms with Gasteiger partial charge in [0.15, 0.2) is 17.4 Å². The third kappa shape index (κ3) is 4.30. The molecular formula is C22H28N2O6. The number of ether oxygens (including phenoxy) is 4. The summed E-state index contributed by atoms with van der Waals surface area (Å²) in [5.41, 5.74) is -0.598. The van der Waals surface area contributed by atoms with Crippen molar-refractivity contribution in [3.8, 4) is 17.6 Å². The number of nitriles is 1. The first kappa shape index (κ1) is 21.8. The number of carbonyl (C=O) groups is 2. The SMILES string of the molecule is CCOC(=O)C(C#N)C1(c2ccc3c(c2)OCO3)CCN(C(=O)OC(C)(C)C)CC1. The van der Waals surface area contributed by atoms with E-state index in [9.17, 15) is 14.9 Å². The number of nitrogens with zero attached hydrogens (tertiary/aromatic N) is 2. The summed E-state index contributed by atoms with van der Waals surface area (Å²) in [4.78, 5) is 26.8. The fraction of sp³-hybridized carbons (Fsp3) is 0.591. The van der Waals surface area contributed by atoms with Gasteiger partial charge in [-0.1, -0.05) is 6.07 Å². The van der Waals surface area contributed by atoms with Crippen molar-refractivity contribution in [1.82, 2.24) is 4.90 Å². The number of esters is 1. The lowest BCUT2D eigenvalue weighted by Crippen LogP contribution is -2.51. The zero-order valence-electron chi connectivity index (χ0n) is 17.9. The summed E-state index contributed by atoms with van der Waals surface area (Å²) < 4.78 is 21.6. The quantitative estimate of drug-likeness (QED) is 0.694. The lowest BCUT2D eigenvalue weighted by atomic mass is 9.64. The van der Waals surface area contributed by atoms with E-state index in [1.165, 1.54) is 0 Å². The van der Waals surface area contributed by atoms with Crippen molar-refractivity contribution < 1.29 is 28.5 Å². The van der Waals surface area contributed by atoms with Crippen LogP contribution in [0.3, 0.4) is 0 Å². The molecule has 1 unspecified atom stereocenters. The average molecular weight is 416 g/mol. The highest BCUT2D eigenvalue weighted by atomic mass is 16.7. The molecule has 0 aromatic heterocycles. The zero-order chi connectivity index (χ0) is 21.9. The van der Waals surface area contributed by atoms with Gasteiger partial charge in [0.05, 0.1) is 12.7 Å². The monoisotopic (exact) mass is 416 g/mol. The second-order valence-electron chi connectivity index (χ2n) is 8.51. The Labute approximate surface area is 176 Å². The van der Waals surface area contributed by atoms with Gasteiger partial charge in [0, 0.05) is 18.5 Å². The molecule has 162 valence electrons. The smallest absolute Gasteiger partial charge is 0.410 e. The molecule has 30 heavy (non-hydrogen) atoms. The molecule has 2 aliphatic rings. The summed E-state index contributed by atoms with van der Waals surface area (Å²) in [6.07, 6.45) is 0.442. The fourth-order valence-electron chi connectivity index (χ4n) is 3.99. The van der Waals surface area contributed by atoms with Crippen LogP contribution in [0.4, 0.5) is 4.79 Å². The van der Waals surface area contributed by atoms with Crippen LogP contribution in [0.2, 0.25) is 0 Å². The molecule has 8 nitrogen and oxygen atoms in total. The first-order chi connectivity index (χ1) is 14.2. The topological polar surface area (TPSA) is 98.1 Å². The van der Waals surface area contributed by atoms with Gasteiger partial charge < -0.3 is 23.8 Å². The van der Waals surface area contributed by atoms with Gasteiger partial charge in [-0.2, -0.15) is 5.26 Å². The lowest BCUT2D eigenvalue weighted by Gasteiger charge is -2.44. The first-order valence-corrected chi connectivity index (χ1v) is 10.1. The zero-order valence-corrected chi connectivity index (χ0v) is 17.9. The van der Waals surface area contributed by atoms with Crippen LogP contribution in [0.15, 0.2) is 18.2 Å². The van der Waals surface area contributed by atoms with Gasteiger partial charge in [0.1, 0.15) is 5.60 Å². The molecule has 0 bridgehead atoms. The van der Waals surface area contributed by atoms with E-state index in [0.29, 0.717) is 37.4 Å². The van der Waals surface area contributed by atoms with Crippen LogP contribution in [0.25, 0.3) is 0 Å². The summed E-state index contributed by atoms with van der Waals surface area (Å²) in [5, 5.41) is 9.91. The maximum absolute atomic E-state index is 12.7. The summed E-state index contributed by atoms with van der Waals surface area (Å²) in [6.45, 7) is 8.22. The summed E-state index contributed by atoms with van der Waals surface area (Å²) >= 11 is 0. The molecule has 0 aliphatic carbocycles. The van der Waals surface area contributed by atoms with Crippen LogP contribution >= 0.6 is 0 Å². The lowest BCUT2D eigenvalue weighted by molar-refractivity contribution is -0.149. The van der Waals surface area contributed by atoms with Gasteiger partial charge >= 0.3 is 12.1 Å². The van der Waals surface area contributed by atoms with Gasteiger partial charge in [0.25, 0.3) is 0 Å². The number of hydrogen-bond donors (Lipinski definition) is 0. The van der Waals surface area contributed by atoms with E-state index in [1.807, 2.05) is 32.9 Å². The van der Waals surface area contributed by atoms with Gasteiger partial charge in [-0.05, 0) is 58.2 Å². The molecule has 1 aromatic rings. The maximum atomic E-state index is 12.7. The molecule has 2 aliphatic heterocycles. The highest BCUT2D eigenvalue weighted by Crippen LogP contribution is 2.46. The molecule has 1 aromatic carbocycles. The molecule has 2 heterocycles. The second kappa shape index (κ2) is 8.42. The summed E-state index contributed by atoms with van der Waals surface area (Å²) in [6, 6.07) is 7.65. The number of hydrogen-bond acceptors (Lipinski definition) is 7. The Morgan fingerprint density at radius 3 is 2.50 bits per heavy atom. The molecule has 8 heteroatoms. The number of piperidine rings is 1. The Hall–Kier alpha value is -2.95. The first-order valence-electron chi connectivity index (χ1n) is 10.1. The fourth-order valence-corrected chi connectivity index (χ4v) is 3.99. The number of carbonyl (C=O) groups excluding carboxylic acids is 2. The van der Waals surface area contributed by atoms with E-state index in [2.05, 4.69) is 6.07 Å². The van der Waals surface area contributed by atoms with Crippen LogP contribution in [0.1, 0.15) is 46.1 Å². The molecule has 1 fully saturated rings. The van der Waals surface area contributed by atoms with E-state index in [0.717, 1.165) is 5.56 Å². The highest BCUT2D eigenvalue weighted by Gasteiger charge is 2.49. The Morgan fingerprint density at radius 1 is 1.23 bits per heavy atom. The van der Waals surface area contributed by atoms with E-state index >= 15 is 0 Å². The van der Waals surface area contributed by atoms with Crippen LogP contribution in [-0.2, 0) is 19.7 Å². The van der Waals surface area contributed by atoms with E-state index in [-0.39, 0.29) is 13.4 Å². The number of amides is 1. The van der Waals surface area contributed by atoms with E-state index in [4.69, 9.17) is 18.9 Å². The van der Waals surface area contributed by atoms with Gasteiger partial charge in [0.2, 0.25) is 6.79 Å². The standard InChI is InChI=1S/C22H28N2O6/c1-5-27-19(25)16(13-23)22(15-6-7-17-18(12-15)29-14-28-17)8-10-24(11-9-22)20(26)30-21(2,3)4/h6-7,12,16H,5,8-11,14H2,1-4H3. The summed E-state index contributed by atoms with van der Waals surface area (Å²) in [7, 11) is 0. The third-order valence-corrected chi connectivity index (χ3v) is 5.46. The van der Waals surface area contributed by atoms with Crippen LogP contribution in [0, 0.1) is 17.2 Å². The molecule has 0 radical (unpaired) electrons. The molecule has 1 amide bonds. The van der Waals surface area contributed by atoms with E-state index < -0.39 is 29.0 Å². The molecule has 1 saturated heterocycles. The minimum absolute atomic E-state index is 0.137. The second-order valence-corrected chi connectivity index (χ2v) is 8.51. The Bertz CT molecular complexity index is 846. The van der Waals surface area contributed by atoms with Gasteiger partial charge in [-0.3, -0.25) is 4.79 Å². The number of likely N-dealkylation sites (tertiary alicyclic amines) is 1. The minimum Gasteiger partial charge on any atom is -0.465 e. The Morgan fingerprint density at radius 2 is 1.90 bits per heavy atom. The predicted molar refractivity (Wildman–Crippen MR) is 107 cm³/mol. The molecule has 1 atom stereocenters. The average Bonchev–Trinajstić information content (AvgIpc) is 3.15. The number of benzene rings is 1. The normalized spacial score (nSPS) is 18.3. The van der Waals surface area contributed by atoms with Crippen molar-refractivity contribution in [2.45, 2.75) is 51.6 Å². The maximum Gasteiger partial charge on any atom is 0.410 e. The van der Waals surface area contributed by atoms with Crippen LogP contribution in [-0.4, -0.2) is 49.1 Å². The molecular weight excluding hydrogens is 388 g/mol. The van der Waals surface area contributed by atoms with Crippen molar-refractivity contribution in [3.05, 3.63) is 23.8 Å². The van der Waals surface area contributed by atoms with Crippen LogP contribution < -0.4 is 9.47 Å². The largest absolute Gasteiger partial charge is 0.465 e. The molecule has 0 saturated carbocycles. The van der Waals surface area contributed by atoms with Gasteiger partial charge in [-0.15, -0.1) is 0 Å². The van der Waals surface area contributed by atoms with Crippen molar-refractivity contribution in [3.63, 3.8) is 0 Å². The van der Waals surface area contributed by atoms with Crippen molar-refractivity contribution in [2.75, 3.05) is 26.5 Å². The van der Waals surface area contributed by atoms with Crippen molar-refractivity contribution in [1.29, 1.82) is 5.26 Å². The predicted octanol–water partition coefficient (Wildman–Crippen LogP) is 3.39. The highest BCUT2D eigenvalue weighted by molar-refractivity contribution is 5.78. The third-order valence-electron chi connectivity index (χ3n) is 5.46. The molecule has 0 spiro atoms. The van der Waals surface area contributed by atoms with E-state index in [1.54, 1.807) is 17.9 Å². The minimum atomic E-state index is -1.00. The number of rotatable bonds is 4. The molecule has 0 N–H and O–H groups in total. The van der Waals surface area contributed by atoms with Crippen LogP contribution in [0.5, 0.6) is 11.5 Å². The summed E-state index contributed by atoms with van der Waals surface area (Å²) in [5.74, 6) is -0.339. The van der Waals surface area contributed by atoms with Crippen molar-refractivity contribution in [2.24, 2.45) is 5.92 Å². The molecule has 3 rings (SSSR count).